The molecule has 2 rings (SSSR count). The first-order valence-corrected chi connectivity index (χ1v) is 6.81. The SMILES string of the molecule is N#Cc1c(F)cccc1NC(=O)CCC1CCCCO1. The van der Waals surface area contributed by atoms with Crippen LogP contribution in [0.5, 0.6) is 0 Å². The van der Waals surface area contributed by atoms with Crippen LogP contribution in [0.4, 0.5) is 10.1 Å². The molecule has 1 atom stereocenters. The highest BCUT2D eigenvalue weighted by molar-refractivity contribution is 5.92. The number of anilines is 1. The Balaban J connectivity index is 1.88. The Morgan fingerprint density at radius 3 is 3.05 bits per heavy atom. The minimum absolute atomic E-state index is 0.130. The molecule has 1 amide bonds. The fourth-order valence-electron chi connectivity index (χ4n) is 2.28. The van der Waals surface area contributed by atoms with E-state index in [1.807, 2.05) is 0 Å². The number of amides is 1. The summed E-state index contributed by atoms with van der Waals surface area (Å²) in [6, 6.07) is 5.95. The summed E-state index contributed by atoms with van der Waals surface area (Å²) in [4.78, 5) is 11.8. The van der Waals surface area contributed by atoms with Crippen LogP contribution in [0.3, 0.4) is 0 Å². The van der Waals surface area contributed by atoms with Crippen molar-refractivity contribution in [3.63, 3.8) is 0 Å². The summed E-state index contributed by atoms with van der Waals surface area (Å²) in [5, 5.41) is 11.5. The Morgan fingerprint density at radius 1 is 1.50 bits per heavy atom. The van der Waals surface area contributed by atoms with Crippen molar-refractivity contribution in [1.29, 1.82) is 5.26 Å². The Kier molecular flexibility index (Phi) is 5.08. The molecule has 0 spiro atoms. The normalized spacial score (nSPS) is 18.3. The third-order valence-electron chi connectivity index (χ3n) is 3.37. The van der Waals surface area contributed by atoms with E-state index in [9.17, 15) is 9.18 Å². The largest absolute Gasteiger partial charge is 0.378 e. The van der Waals surface area contributed by atoms with Crippen molar-refractivity contribution in [1.82, 2.24) is 0 Å². The molecule has 0 aromatic heterocycles. The van der Waals surface area contributed by atoms with Crippen LogP contribution in [0.25, 0.3) is 0 Å². The second-order valence-corrected chi connectivity index (χ2v) is 4.85. The van der Waals surface area contributed by atoms with Crippen molar-refractivity contribution in [3.05, 3.63) is 29.6 Å². The first-order chi connectivity index (χ1) is 9.70. The van der Waals surface area contributed by atoms with Crippen molar-refractivity contribution in [2.75, 3.05) is 11.9 Å². The predicted molar refractivity (Wildman–Crippen MR) is 72.6 cm³/mol. The zero-order valence-corrected chi connectivity index (χ0v) is 11.2. The van der Waals surface area contributed by atoms with Gasteiger partial charge in [-0.25, -0.2) is 4.39 Å². The van der Waals surface area contributed by atoms with E-state index in [2.05, 4.69) is 5.32 Å². The molecule has 1 fully saturated rings. The molecule has 1 aliphatic heterocycles. The molecule has 0 radical (unpaired) electrons. The molecular formula is C15H17FN2O2. The number of rotatable bonds is 4. The minimum Gasteiger partial charge on any atom is -0.378 e. The van der Waals surface area contributed by atoms with Gasteiger partial charge in [0.2, 0.25) is 5.91 Å². The summed E-state index contributed by atoms with van der Waals surface area (Å²) in [6.45, 7) is 0.759. The number of ether oxygens (including phenoxy) is 1. The van der Waals surface area contributed by atoms with Gasteiger partial charge in [-0.05, 0) is 37.8 Å². The molecule has 1 aromatic carbocycles. The van der Waals surface area contributed by atoms with Gasteiger partial charge in [0.1, 0.15) is 17.4 Å². The van der Waals surface area contributed by atoms with E-state index in [4.69, 9.17) is 10.00 Å². The highest BCUT2D eigenvalue weighted by Crippen LogP contribution is 2.20. The second-order valence-electron chi connectivity index (χ2n) is 4.85. The van der Waals surface area contributed by atoms with Crippen LogP contribution < -0.4 is 5.32 Å². The van der Waals surface area contributed by atoms with Crippen LogP contribution in [0, 0.1) is 17.1 Å². The minimum atomic E-state index is -0.624. The molecule has 0 saturated carbocycles. The lowest BCUT2D eigenvalue weighted by atomic mass is 10.0. The van der Waals surface area contributed by atoms with E-state index < -0.39 is 5.82 Å². The van der Waals surface area contributed by atoms with Gasteiger partial charge in [0.25, 0.3) is 0 Å². The molecule has 5 heteroatoms. The van der Waals surface area contributed by atoms with Crippen molar-refractivity contribution < 1.29 is 13.9 Å². The fraction of sp³-hybridized carbons (Fsp3) is 0.467. The summed E-state index contributed by atoms with van der Waals surface area (Å²) in [7, 11) is 0. The van der Waals surface area contributed by atoms with E-state index in [1.54, 1.807) is 6.07 Å². The molecular weight excluding hydrogens is 259 g/mol. The van der Waals surface area contributed by atoms with Crippen LogP contribution in [0.1, 0.15) is 37.7 Å². The molecule has 0 aliphatic carbocycles. The number of hydrogen-bond donors (Lipinski definition) is 1. The van der Waals surface area contributed by atoms with Gasteiger partial charge in [-0.3, -0.25) is 4.79 Å². The average molecular weight is 276 g/mol. The number of carbonyl (C=O) groups excluding carboxylic acids is 1. The lowest BCUT2D eigenvalue weighted by Crippen LogP contribution is -2.22. The van der Waals surface area contributed by atoms with Gasteiger partial charge < -0.3 is 10.1 Å². The van der Waals surface area contributed by atoms with Gasteiger partial charge in [0, 0.05) is 13.0 Å². The third kappa shape index (κ3) is 3.78. The summed E-state index contributed by atoms with van der Waals surface area (Å²) < 4.78 is 18.9. The highest BCUT2D eigenvalue weighted by Gasteiger charge is 2.16. The van der Waals surface area contributed by atoms with Gasteiger partial charge in [0.15, 0.2) is 0 Å². The summed E-state index contributed by atoms with van der Waals surface area (Å²) in [5.74, 6) is -0.845. The summed E-state index contributed by atoms with van der Waals surface area (Å²) >= 11 is 0. The molecule has 1 unspecified atom stereocenters. The lowest BCUT2D eigenvalue weighted by molar-refractivity contribution is -0.117. The lowest BCUT2D eigenvalue weighted by Gasteiger charge is -2.22. The number of nitrogens with zero attached hydrogens (tertiary/aromatic N) is 1. The van der Waals surface area contributed by atoms with E-state index in [1.165, 1.54) is 18.2 Å². The molecule has 1 N–H and O–H groups in total. The molecule has 106 valence electrons. The molecule has 20 heavy (non-hydrogen) atoms. The van der Waals surface area contributed by atoms with Gasteiger partial charge >= 0.3 is 0 Å². The first kappa shape index (κ1) is 14.5. The van der Waals surface area contributed by atoms with Crippen molar-refractivity contribution >= 4 is 11.6 Å². The number of nitrogens with one attached hydrogen (secondary N) is 1. The van der Waals surface area contributed by atoms with Gasteiger partial charge in [-0.15, -0.1) is 0 Å². The number of nitriles is 1. The monoisotopic (exact) mass is 276 g/mol. The van der Waals surface area contributed by atoms with Gasteiger partial charge in [-0.2, -0.15) is 5.26 Å². The van der Waals surface area contributed by atoms with Crippen LogP contribution in [0.15, 0.2) is 18.2 Å². The van der Waals surface area contributed by atoms with Crippen LogP contribution >= 0.6 is 0 Å². The Morgan fingerprint density at radius 2 is 2.35 bits per heavy atom. The van der Waals surface area contributed by atoms with Crippen LogP contribution in [-0.2, 0) is 9.53 Å². The van der Waals surface area contributed by atoms with Crippen molar-refractivity contribution in [2.45, 2.75) is 38.2 Å². The average Bonchev–Trinajstić information content (AvgIpc) is 2.46. The van der Waals surface area contributed by atoms with E-state index in [0.717, 1.165) is 25.9 Å². The molecule has 0 bridgehead atoms. The van der Waals surface area contributed by atoms with E-state index in [0.29, 0.717) is 12.8 Å². The Bertz CT molecular complexity index is 519. The van der Waals surface area contributed by atoms with Crippen molar-refractivity contribution in [2.24, 2.45) is 0 Å². The number of benzene rings is 1. The third-order valence-corrected chi connectivity index (χ3v) is 3.37. The zero-order valence-electron chi connectivity index (χ0n) is 11.2. The number of hydrogen-bond acceptors (Lipinski definition) is 3. The molecule has 1 aromatic rings. The smallest absolute Gasteiger partial charge is 0.224 e. The highest BCUT2D eigenvalue weighted by atomic mass is 19.1. The second kappa shape index (κ2) is 7.01. The number of halogens is 1. The Hall–Kier alpha value is -1.93. The Labute approximate surface area is 117 Å². The summed E-state index contributed by atoms with van der Waals surface area (Å²) in [6.07, 6.45) is 4.30. The van der Waals surface area contributed by atoms with Crippen LogP contribution in [-0.4, -0.2) is 18.6 Å². The maximum atomic E-state index is 13.4. The molecule has 1 saturated heterocycles. The van der Waals surface area contributed by atoms with Gasteiger partial charge in [-0.1, -0.05) is 6.07 Å². The van der Waals surface area contributed by atoms with E-state index in [-0.39, 0.29) is 23.3 Å². The van der Waals surface area contributed by atoms with Crippen LogP contribution in [0.2, 0.25) is 0 Å². The quantitative estimate of drug-likeness (QED) is 0.919. The summed E-state index contributed by atoms with van der Waals surface area (Å²) in [5.41, 5.74) is 0.0943. The van der Waals surface area contributed by atoms with Gasteiger partial charge in [0.05, 0.1) is 11.8 Å². The molecule has 1 aliphatic rings. The molecule has 4 nitrogen and oxygen atoms in total. The topological polar surface area (TPSA) is 62.1 Å². The predicted octanol–water partition coefficient (Wildman–Crippen LogP) is 2.99. The standard InChI is InChI=1S/C15H17FN2O2/c16-13-5-3-6-14(12(13)10-17)18-15(19)8-7-11-4-1-2-9-20-11/h3,5-6,11H,1-2,4,7-9H2,(H,18,19). The first-order valence-electron chi connectivity index (χ1n) is 6.81. The molecule has 1 heterocycles. The van der Waals surface area contributed by atoms with E-state index >= 15 is 0 Å². The van der Waals surface area contributed by atoms with Crippen molar-refractivity contribution in [3.8, 4) is 6.07 Å². The zero-order chi connectivity index (χ0) is 14.4. The maximum absolute atomic E-state index is 13.4. The number of carbonyl (C=O) groups is 1. The maximum Gasteiger partial charge on any atom is 0.224 e. The fourth-order valence-corrected chi connectivity index (χ4v) is 2.28.